The molecule has 0 saturated heterocycles. The molecule has 6 heteroatoms. The third kappa shape index (κ3) is 6.24. The number of hydrogen-bond acceptors (Lipinski definition) is 4. The predicted molar refractivity (Wildman–Crippen MR) is 98.6 cm³/mol. The summed E-state index contributed by atoms with van der Waals surface area (Å²) < 4.78 is 16.4. The Labute approximate surface area is 157 Å². The Morgan fingerprint density at radius 1 is 0.960 bits per heavy atom. The minimum absolute atomic E-state index is 0.172. The van der Waals surface area contributed by atoms with Crippen molar-refractivity contribution in [1.29, 1.82) is 0 Å². The molecule has 4 nitrogen and oxygen atoms in total. The Bertz CT molecular complexity index is 681. The Hall–Kier alpha value is -1.75. The van der Waals surface area contributed by atoms with Crippen LogP contribution in [-0.4, -0.2) is 19.2 Å². The molecule has 0 bridgehead atoms. The summed E-state index contributed by atoms with van der Waals surface area (Å²) in [5, 5.41) is 1.01. The zero-order valence-electron chi connectivity index (χ0n) is 14.1. The summed E-state index contributed by atoms with van der Waals surface area (Å²) in [6.07, 6.45) is -0.176. The molecule has 0 aliphatic rings. The van der Waals surface area contributed by atoms with E-state index in [9.17, 15) is 4.79 Å². The lowest BCUT2D eigenvalue weighted by molar-refractivity contribution is -0.146. The molecule has 25 heavy (non-hydrogen) atoms. The van der Waals surface area contributed by atoms with Crippen molar-refractivity contribution < 1.29 is 19.0 Å². The van der Waals surface area contributed by atoms with E-state index in [0.717, 1.165) is 5.56 Å². The molecule has 1 atom stereocenters. The molecule has 0 aliphatic carbocycles. The number of esters is 1. The molecule has 0 amide bonds. The number of carbonyl (C=O) groups is 1. The van der Waals surface area contributed by atoms with Crippen molar-refractivity contribution >= 4 is 29.2 Å². The van der Waals surface area contributed by atoms with Gasteiger partial charge in [0.15, 0.2) is 0 Å². The largest absolute Gasteiger partial charge is 0.466 e. The van der Waals surface area contributed by atoms with Crippen LogP contribution in [-0.2, 0) is 14.3 Å². The molecule has 2 aromatic carbocycles. The first-order valence-electron chi connectivity index (χ1n) is 8.03. The molecule has 134 valence electrons. The van der Waals surface area contributed by atoms with Crippen molar-refractivity contribution in [2.75, 3.05) is 13.2 Å². The number of ether oxygens (including phenoxy) is 3. The smallest absolute Gasteiger partial charge is 0.308 e. The zero-order valence-corrected chi connectivity index (χ0v) is 15.6. The lowest BCUT2D eigenvalue weighted by Crippen LogP contribution is -2.13. The average molecular weight is 383 g/mol. The Morgan fingerprint density at radius 2 is 1.60 bits per heavy atom. The van der Waals surface area contributed by atoms with Crippen LogP contribution in [0.3, 0.4) is 0 Å². The van der Waals surface area contributed by atoms with E-state index in [-0.39, 0.29) is 18.5 Å². The highest BCUT2D eigenvalue weighted by molar-refractivity contribution is 6.34. The maximum Gasteiger partial charge on any atom is 0.308 e. The topological polar surface area (TPSA) is 44.8 Å². The minimum Gasteiger partial charge on any atom is -0.466 e. The number of halogens is 2. The summed E-state index contributed by atoms with van der Waals surface area (Å²) in [5.41, 5.74) is 0.881. The van der Waals surface area contributed by atoms with Gasteiger partial charge < -0.3 is 14.2 Å². The second-order valence-electron chi connectivity index (χ2n) is 5.23. The zero-order chi connectivity index (χ0) is 18.2. The van der Waals surface area contributed by atoms with Crippen LogP contribution in [0.4, 0.5) is 0 Å². The van der Waals surface area contributed by atoms with Gasteiger partial charge in [0.05, 0.1) is 19.1 Å². The summed E-state index contributed by atoms with van der Waals surface area (Å²) in [4.78, 5) is 11.7. The molecule has 0 unspecified atom stereocenters. The normalized spacial score (nSPS) is 11.8. The molecule has 0 N–H and O–H groups in total. The van der Waals surface area contributed by atoms with E-state index in [1.165, 1.54) is 0 Å². The van der Waals surface area contributed by atoms with Crippen LogP contribution in [0.15, 0.2) is 42.5 Å². The van der Waals surface area contributed by atoms with Crippen LogP contribution in [0, 0.1) is 0 Å². The van der Waals surface area contributed by atoms with E-state index in [4.69, 9.17) is 37.4 Å². The lowest BCUT2D eigenvalue weighted by Gasteiger charge is -2.17. The average Bonchev–Trinajstić information content (AvgIpc) is 2.54. The van der Waals surface area contributed by atoms with Gasteiger partial charge in [-0.2, -0.15) is 0 Å². The van der Waals surface area contributed by atoms with Crippen molar-refractivity contribution in [3.8, 4) is 11.5 Å². The highest BCUT2D eigenvalue weighted by Crippen LogP contribution is 2.30. The van der Waals surface area contributed by atoms with Gasteiger partial charge in [-0.3, -0.25) is 4.79 Å². The lowest BCUT2D eigenvalue weighted by atomic mass is 10.1. The second kappa shape index (κ2) is 9.66. The van der Waals surface area contributed by atoms with Gasteiger partial charge in [-0.05, 0) is 49.7 Å². The number of carbonyl (C=O) groups excluding carboxylic acids is 1. The van der Waals surface area contributed by atoms with E-state index >= 15 is 0 Å². The maximum absolute atomic E-state index is 11.7. The number of benzene rings is 2. The van der Waals surface area contributed by atoms with Gasteiger partial charge in [0.25, 0.3) is 0 Å². The van der Waals surface area contributed by atoms with Crippen LogP contribution >= 0.6 is 23.2 Å². The van der Waals surface area contributed by atoms with Crippen LogP contribution in [0.25, 0.3) is 0 Å². The standard InChI is InChI=1S/C19H20Cl2O4/c1-3-23-18(12-19(22)24-4-2)13-5-7-16(8-6-13)25-17-10-14(20)9-15(21)11-17/h5-11,18H,3-4,12H2,1-2H3/t18-/m1/s1. The van der Waals surface area contributed by atoms with Crippen molar-refractivity contribution in [2.45, 2.75) is 26.4 Å². The molecular weight excluding hydrogens is 363 g/mol. The molecule has 0 aromatic heterocycles. The quantitative estimate of drug-likeness (QED) is 0.539. The second-order valence-corrected chi connectivity index (χ2v) is 6.10. The van der Waals surface area contributed by atoms with E-state index in [1.807, 2.05) is 19.1 Å². The summed E-state index contributed by atoms with van der Waals surface area (Å²) in [6, 6.07) is 12.3. The molecule has 0 heterocycles. The van der Waals surface area contributed by atoms with Gasteiger partial charge in [0.1, 0.15) is 11.5 Å². The van der Waals surface area contributed by atoms with Crippen molar-refractivity contribution in [2.24, 2.45) is 0 Å². The van der Waals surface area contributed by atoms with Gasteiger partial charge in [-0.1, -0.05) is 35.3 Å². The van der Waals surface area contributed by atoms with E-state index in [1.54, 1.807) is 37.3 Å². The highest BCUT2D eigenvalue weighted by Gasteiger charge is 2.17. The van der Waals surface area contributed by atoms with Crippen LogP contribution < -0.4 is 4.74 Å². The van der Waals surface area contributed by atoms with Crippen molar-refractivity contribution in [1.82, 2.24) is 0 Å². The minimum atomic E-state index is -0.348. The summed E-state index contributed by atoms with van der Waals surface area (Å²) in [5.74, 6) is 0.904. The molecule has 0 aliphatic heterocycles. The van der Waals surface area contributed by atoms with Gasteiger partial charge in [0.2, 0.25) is 0 Å². The first kappa shape index (κ1) is 19.6. The Balaban J connectivity index is 2.09. The van der Waals surface area contributed by atoms with Crippen molar-refractivity contribution in [3.05, 3.63) is 58.1 Å². The molecule has 0 radical (unpaired) electrons. The predicted octanol–water partition coefficient (Wildman–Crippen LogP) is 5.82. The van der Waals surface area contributed by atoms with Gasteiger partial charge >= 0.3 is 5.97 Å². The number of rotatable bonds is 8. The summed E-state index contributed by atoms with van der Waals surface area (Å²) in [6.45, 7) is 4.52. The highest BCUT2D eigenvalue weighted by atomic mass is 35.5. The fourth-order valence-electron chi connectivity index (χ4n) is 2.32. The van der Waals surface area contributed by atoms with E-state index in [0.29, 0.717) is 34.8 Å². The van der Waals surface area contributed by atoms with E-state index in [2.05, 4.69) is 0 Å². The van der Waals surface area contributed by atoms with Gasteiger partial charge in [-0.15, -0.1) is 0 Å². The van der Waals surface area contributed by atoms with Crippen molar-refractivity contribution in [3.63, 3.8) is 0 Å². The third-order valence-electron chi connectivity index (χ3n) is 3.35. The van der Waals surface area contributed by atoms with Gasteiger partial charge in [0, 0.05) is 16.7 Å². The van der Waals surface area contributed by atoms with Gasteiger partial charge in [-0.25, -0.2) is 0 Å². The molecule has 0 saturated carbocycles. The Kier molecular flexibility index (Phi) is 7.56. The van der Waals surface area contributed by atoms with Crippen LogP contribution in [0.1, 0.15) is 31.9 Å². The molecule has 2 aromatic rings. The fraction of sp³-hybridized carbons (Fsp3) is 0.316. The monoisotopic (exact) mass is 382 g/mol. The summed E-state index contributed by atoms with van der Waals surface area (Å²) >= 11 is 11.9. The van der Waals surface area contributed by atoms with Crippen LogP contribution in [0.2, 0.25) is 10.0 Å². The third-order valence-corrected chi connectivity index (χ3v) is 3.79. The summed E-state index contributed by atoms with van der Waals surface area (Å²) in [7, 11) is 0. The Morgan fingerprint density at radius 3 is 2.16 bits per heavy atom. The van der Waals surface area contributed by atoms with E-state index < -0.39 is 0 Å². The fourth-order valence-corrected chi connectivity index (χ4v) is 2.83. The number of hydrogen-bond donors (Lipinski definition) is 0. The maximum atomic E-state index is 11.7. The molecule has 0 fully saturated rings. The van der Waals surface area contributed by atoms with Crippen LogP contribution in [0.5, 0.6) is 11.5 Å². The molecular formula is C19H20Cl2O4. The molecule has 0 spiro atoms. The first-order valence-corrected chi connectivity index (χ1v) is 8.78. The molecule has 2 rings (SSSR count). The SMILES string of the molecule is CCOC(=O)C[C@@H](OCC)c1ccc(Oc2cc(Cl)cc(Cl)c2)cc1. The first-order chi connectivity index (χ1) is 12.0.